The van der Waals surface area contributed by atoms with Crippen molar-refractivity contribution in [3.05, 3.63) is 58.8 Å². The molecule has 1 aromatic carbocycles. The lowest BCUT2D eigenvalue weighted by atomic mass is 10.4. The fraction of sp³-hybridized carbons (Fsp3) is 0. The molecular weight excluding hydrogens is 178 g/mol. The lowest BCUT2D eigenvalue weighted by Crippen LogP contribution is -1.50. The van der Waals surface area contributed by atoms with Crippen molar-refractivity contribution >= 4 is 11.3 Å². The van der Waals surface area contributed by atoms with Gasteiger partial charge in [0, 0.05) is 0 Å². The molecule has 0 radical (unpaired) electrons. The Balaban J connectivity index is 0.000000132. The van der Waals surface area contributed by atoms with Gasteiger partial charge in [0.1, 0.15) is 10.9 Å². The van der Waals surface area contributed by atoms with Crippen LogP contribution in [-0.4, -0.2) is 0 Å². The van der Waals surface area contributed by atoms with Crippen molar-refractivity contribution < 1.29 is 0 Å². The monoisotopic (exact) mass is 187 g/mol. The Morgan fingerprint density at radius 3 is 1.69 bits per heavy atom. The molecule has 2 heteroatoms. The molecule has 0 saturated heterocycles. The summed E-state index contributed by atoms with van der Waals surface area (Å²) in [6, 6.07) is 17.7. The van der Waals surface area contributed by atoms with Gasteiger partial charge in [-0.05, 0) is 11.4 Å². The summed E-state index contributed by atoms with van der Waals surface area (Å²) in [6.45, 7) is 0. The Labute approximate surface area is 81.9 Å². The van der Waals surface area contributed by atoms with Crippen LogP contribution in [0.25, 0.3) is 0 Å². The lowest BCUT2D eigenvalue weighted by molar-refractivity contribution is 1.52. The van der Waals surface area contributed by atoms with Crippen LogP contribution in [0.5, 0.6) is 0 Å². The normalized spacial score (nSPS) is 7.92. The van der Waals surface area contributed by atoms with Crippen LogP contribution in [0, 0.1) is 11.3 Å². The molecule has 2 rings (SSSR count). The highest BCUT2D eigenvalue weighted by atomic mass is 32.1. The molecule has 1 heterocycles. The second-order valence-corrected chi connectivity index (χ2v) is 3.19. The number of hydrogen-bond acceptors (Lipinski definition) is 2. The quantitative estimate of drug-likeness (QED) is 0.620. The molecule has 0 N–H and O–H groups in total. The van der Waals surface area contributed by atoms with Gasteiger partial charge in [-0.25, -0.2) is 0 Å². The molecule has 0 aliphatic rings. The highest BCUT2D eigenvalue weighted by Gasteiger charge is 1.82. The molecule has 0 saturated carbocycles. The largest absolute Gasteiger partial charge is 0.192 e. The fourth-order valence-corrected chi connectivity index (χ4v) is 1.24. The van der Waals surface area contributed by atoms with Crippen LogP contribution in [0.2, 0.25) is 0 Å². The molecule has 0 amide bonds. The average Bonchev–Trinajstić information content (AvgIpc) is 2.74. The summed E-state index contributed by atoms with van der Waals surface area (Å²) < 4.78 is 0. The number of rotatable bonds is 0. The minimum atomic E-state index is 0.778. The van der Waals surface area contributed by atoms with Crippen molar-refractivity contribution in [3.8, 4) is 6.07 Å². The molecule has 0 unspecified atom stereocenters. The molecule has 0 bridgehead atoms. The van der Waals surface area contributed by atoms with Crippen LogP contribution < -0.4 is 0 Å². The third kappa shape index (κ3) is 4.09. The zero-order valence-corrected chi connectivity index (χ0v) is 7.87. The van der Waals surface area contributed by atoms with Crippen molar-refractivity contribution in [3.63, 3.8) is 0 Å². The van der Waals surface area contributed by atoms with Gasteiger partial charge in [-0.1, -0.05) is 42.5 Å². The van der Waals surface area contributed by atoms with E-state index in [1.165, 1.54) is 11.3 Å². The Kier molecular flexibility index (Phi) is 4.37. The summed E-state index contributed by atoms with van der Waals surface area (Å²) in [5.74, 6) is 0. The second-order valence-electron chi connectivity index (χ2n) is 2.24. The maximum Gasteiger partial charge on any atom is 0.110 e. The average molecular weight is 187 g/mol. The van der Waals surface area contributed by atoms with Crippen LogP contribution in [0.1, 0.15) is 4.88 Å². The summed E-state index contributed by atoms with van der Waals surface area (Å²) >= 11 is 1.46. The molecular formula is C11H9NS. The molecule has 2 aromatic rings. The Morgan fingerprint density at radius 2 is 1.46 bits per heavy atom. The van der Waals surface area contributed by atoms with E-state index in [1.54, 1.807) is 6.07 Å². The molecule has 0 atom stereocenters. The van der Waals surface area contributed by atoms with E-state index in [0.29, 0.717) is 0 Å². The predicted octanol–water partition coefficient (Wildman–Crippen LogP) is 3.31. The first-order chi connectivity index (χ1) is 6.43. The van der Waals surface area contributed by atoms with Crippen LogP contribution in [0.15, 0.2) is 53.9 Å². The van der Waals surface area contributed by atoms with Crippen LogP contribution in [0.4, 0.5) is 0 Å². The van der Waals surface area contributed by atoms with Crippen molar-refractivity contribution in [2.75, 3.05) is 0 Å². The number of nitrogens with zero attached hydrogens (tertiary/aromatic N) is 1. The summed E-state index contributed by atoms with van der Waals surface area (Å²) in [6.07, 6.45) is 0. The Hall–Kier alpha value is -1.59. The van der Waals surface area contributed by atoms with E-state index in [4.69, 9.17) is 5.26 Å². The van der Waals surface area contributed by atoms with Crippen LogP contribution in [-0.2, 0) is 0 Å². The summed E-state index contributed by atoms with van der Waals surface area (Å²) in [4.78, 5) is 0.778. The Bertz CT molecular complexity index is 319. The first-order valence-electron chi connectivity index (χ1n) is 3.87. The van der Waals surface area contributed by atoms with E-state index in [1.807, 2.05) is 53.9 Å². The van der Waals surface area contributed by atoms with Crippen LogP contribution >= 0.6 is 11.3 Å². The van der Waals surface area contributed by atoms with Gasteiger partial charge in [-0.3, -0.25) is 0 Å². The van der Waals surface area contributed by atoms with E-state index in [0.717, 1.165) is 4.88 Å². The Morgan fingerprint density at radius 1 is 0.923 bits per heavy atom. The highest BCUT2D eigenvalue weighted by Crippen LogP contribution is 2.04. The van der Waals surface area contributed by atoms with E-state index in [2.05, 4.69) is 0 Å². The fourth-order valence-electron chi connectivity index (χ4n) is 0.727. The minimum absolute atomic E-state index is 0.778. The molecule has 64 valence electrons. The van der Waals surface area contributed by atoms with Gasteiger partial charge < -0.3 is 0 Å². The van der Waals surface area contributed by atoms with Gasteiger partial charge in [0.05, 0.1) is 0 Å². The zero-order chi connectivity index (χ0) is 9.36. The van der Waals surface area contributed by atoms with Gasteiger partial charge in [0.25, 0.3) is 0 Å². The third-order valence-corrected chi connectivity index (χ3v) is 2.07. The van der Waals surface area contributed by atoms with Crippen molar-refractivity contribution in [2.24, 2.45) is 0 Å². The smallest absolute Gasteiger partial charge is 0.110 e. The molecule has 0 aliphatic heterocycles. The van der Waals surface area contributed by atoms with E-state index >= 15 is 0 Å². The van der Waals surface area contributed by atoms with Gasteiger partial charge in [0.2, 0.25) is 0 Å². The van der Waals surface area contributed by atoms with E-state index in [9.17, 15) is 0 Å². The molecule has 13 heavy (non-hydrogen) atoms. The summed E-state index contributed by atoms with van der Waals surface area (Å²) in [5, 5.41) is 10.1. The van der Waals surface area contributed by atoms with Crippen molar-refractivity contribution in [2.45, 2.75) is 0 Å². The summed E-state index contributed by atoms with van der Waals surface area (Å²) in [5.41, 5.74) is 0. The van der Waals surface area contributed by atoms with Gasteiger partial charge in [0.15, 0.2) is 0 Å². The number of thiophene rings is 1. The van der Waals surface area contributed by atoms with Crippen molar-refractivity contribution in [1.82, 2.24) is 0 Å². The first kappa shape index (κ1) is 9.50. The predicted molar refractivity (Wildman–Crippen MR) is 55.5 cm³/mol. The maximum absolute atomic E-state index is 8.19. The molecule has 0 spiro atoms. The number of hydrogen-bond donors (Lipinski definition) is 0. The SMILES string of the molecule is N#Cc1cccs1.c1ccccc1. The molecule has 0 aliphatic carbocycles. The van der Waals surface area contributed by atoms with Crippen LogP contribution in [0.3, 0.4) is 0 Å². The number of benzene rings is 1. The van der Waals surface area contributed by atoms with Crippen molar-refractivity contribution in [1.29, 1.82) is 5.26 Å². The van der Waals surface area contributed by atoms with Gasteiger partial charge in [-0.15, -0.1) is 11.3 Å². The van der Waals surface area contributed by atoms with E-state index < -0.39 is 0 Å². The van der Waals surface area contributed by atoms with Gasteiger partial charge in [-0.2, -0.15) is 5.26 Å². The van der Waals surface area contributed by atoms with Gasteiger partial charge >= 0.3 is 0 Å². The summed E-state index contributed by atoms with van der Waals surface area (Å²) in [7, 11) is 0. The molecule has 0 fully saturated rings. The lowest BCUT2D eigenvalue weighted by Gasteiger charge is -1.69. The third-order valence-electron chi connectivity index (χ3n) is 1.30. The first-order valence-corrected chi connectivity index (χ1v) is 4.75. The van der Waals surface area contributed by atoms with E-state index in [-0.39, 0.29) is 0 Å². The highest BCUT2D eigenvalue weighted by molar-refractivity contribution is 7.10. The standard InChI is InChI=1S/C6H6.C5H3NS/c1-2-4-6-5-3-1;6-4-5-2-1-3-7-5/h1-6H;1-3H. The maximum atomic E-state index is 8.19. The minimum Gasteiger partial charge on any atom is -0.192 e. The topological polar surface area (TPSA) is 23.8 Å². The second kappa shape index (κ2) is 5.99. The number of nitriles is 1. The zero-order valence-electron chi connectivity index (χ0n) is 7.05. The molecule has 1 nitrogen and oxygen atoms in total. The molecule has 1 aromatic heterocycles.